The molecule has 1 aromatic rings. The Bertz CT molecular complexity index is 369. The minimum atomic E-state index is 0.946. The molecule has 1 aromatic carbocycles. The summed E-state index contributed by atoms with van der Waals surface area (Å²) in [5.41, 5.74) is 2.84. The summed E-state index contributed by atoms with van der Waals surface area (Å²) >= 11 is 0. The summed E-state index contributed by atoms with van der Waals surface area (Å²) < 4.78 is 0. The van der Waals surface area contributed by atoms with Crippen LogP contribution in [0.4, 0.5) is 0 Å². The molecule has 2 rings (SSSR count). The van der Waals surface area contributed by atoms with Gasteiger partial charge >= 0.3 is 0 Å². The standard InChI is InChI=1S/C17H28N2/c1-15-7-3-6-10-17(15)14-19(2)12-11-18-13-16-8-4-5-9-16/h3,6-7,10,16,18H,4-5,8-9,11-14H2,1-2H3. The van der Waals surface area contributed by atoms with Gasteiger partial charge < -0.3 is 10.2 Å². The third kappa shape index (κ3) is 4.96. The van der Waals surface area contributed by atoms with Gasteiger partial charge in [0.1, 0.15) is 0 Å². The highest BCUT2D eigenvalue weighted by molar-refractivity contribution is 5.25. The number of benzene rings is 1. The molecule has 0 aliphatic heterocycles. The van der Waals surface area contributed by atoms with Crippen molar-refractivity contribution in [3.05, 3.63) is 35.4 Å². The first-order valence-electron chi connectivity index (χ1n) is 7.69. The van der Waals surface area contributed by atoms with Crippen LogP contribution in [0.2, 0.25) is 0 Å². The van der Waals surface area contributed by atoms with Crippen molar-refractivity contribution in [1.82, 2.24) is 10.2 Å². The number of nitrogens with zero attached hydrogens (tertiary/aromatic N) is 1. The highest BCUT2D eigenvalue weighted by Crippen LogP contribution is 2.23. The van der Waals surface area contributed by atoms with E-state index < -0.39 is 0 Å². The third-order valence-corrected chi connectivity index (χ3v) is 4.28. The van der Waals surface area contributed by atoms with E-state index >= 15 is 0 Å². The molecular weight excluding hydrogens is 232 g/mol. The van der Waals surface area contributed by atoms with Gasteiger partial charge in [-0.15, -0.1) is 0 Å². The fraction of sp³-hybridized carbons (Fsp3) is 0.647. The Hall–Kier alpha value is -0.860. The molecule has 0 spiro atoms. The lowest BCUT2D eigenvalue weighted by Gasteiger charge is -2.19. The van der Waals surface area contributed by atoms with E-state index in [-0.39, 0.29) is 0 Å². The number of likely N-dealkylation sites (N-methyl/N-ethyl adjacent to an activating group) is 1. The van der Waals surface area contributed by atoms with Gasteiger partial charge in [0.25, 0.3) is 0 Å². The van der Waals surface area contributed by atoms with Crippen LogP contribution < -0.4 is 5.32 Å². The molecule has 106 valence electrons. The second-order valence-electron chi connectivity index (χ2n) is 6.02. The van der Waals surface area contributed by atoms with Crippen molar-refractivity contribution >= 4 is 0 Å². The molecule has 2 nitrogen and oxygen atoms in total. The van der Waals surface area contributed by atoms with E-state index in [0.717, 1.165) is 25.6 Å². The summed E-state index contributed by atoms with van der Waals surface area (Å²) in [5.74, 6) is 0.946. The average molecular weight is 260 g/mol. The Balaban J connectivity index is 1.61. The summed E-state index contributed by atoms with van der Waals surface area (Å²) in [6.45, 7) is 6.71. The van der Waals surface area contributed by atoms with E-state index in [0.29, 0.717) is 0 Å². The summed E-state index contributed by atoms with van der Waals surface area (Å²) in [5, 5.41) is 3.62. The second kappa shape index (κ2) is 7.66. The molecule has 0 saturated heterocycles. The van der Waals surface area contributed by atoms with Gasteiger partial charge in [0.15, 0.2) is 0 Å². The van der Waals surface area contributed by atoms with Crippen LogP contribution in [-0.4, -0.2) is 31.6 Å². The van der Waals surface area contributed by atoms with E-state index in [1.807, 2.05) is 0 Å². The first-order chi connectivity index (χ1) is 9.25. The maximum Gasteiger partial charge on any atom is 0.0233 e. The minimum absolute atomic E-state index is 0.946. The van der Waals surface area contributed by atoms with Gasteiger partial charge in [0, 0.05) is 19.6 Å². The summed E-state index contributed by atoms with van der Waals surface area (Å²) in [6, 6.07) is 8.68. The molecule has 0 aromatic heterocycles. The molecule has 0 radical (unpaired) electrons. The van der Waals surface area contributed by atoms with Gasteiger partial charge in [-0.05, 0) is 50.4 Å². The number of hydrogen-bond donors (Lipinski definition) is 1. The summed E-state index contributed by atoms with van der Waals surface area (Å²) in [4.78, 5) is 2.41. The van der Waals surface area contributed by atoms with Gasteiger partial charge in [-0.25, -0.2) is 0 Å². The Labute approximate surface area is 118 Å². The predicted molar refractivity (Wildman–Crippen MR) is 82.3 cm³/mol. The maximum atomic E-state index is 3.62. The molecule has 0 heterocycles. The molecule has 0 amide bonds. The highest BCUT2D eigenvalue weighted by atomic mass is 15.1. The lowest BCUT2D eigenvalue weighted by molar-refractivity contribution is 0.319. The van der Waals surface area contributed by atoms with Crippen molar-refractivity contribution in [1.29, 1.82) is 0 Å². The third-order valence-electron chi connectivity index (χ3n) is 4.28. The van der Waals surface area contributed by atoms with Crippen molar-refractivity contribution < 1.29 is 0 Å². The minimum Gasteiger partial charge on any atom is -0.315 e. The van der Waals surface area contributed by atoms with Gasteiger partial charge in [0.2, 0.25) is 0 Å². The molecule has 2 heteroatoms. The smallest absolute Gasteiger partial charge is 0.0233 e. The quantitative estimate of drug-likeness (QED) is 0.757. The number of aryl methyl sites for hydroxylation is 1. The SMILES string of the molecule is Cc1ccccc1CN(C)CCNCC1CCCC1. The molecule has 1 saturated carbocycles. The predicted octanol–water partition coefficient (Wildman–Crippen LogP) is 3.21. The van der Waals surface area contributed by atoms with Crippen LogP contribution in [0.5, 0.6) is 0 Å². The second-order valence-corrected chi connectivity index (χ2v) is 6.02. The van der Waals surface area contributed by atoms with Crippen LogP contribution >= 0.6 is 0 Å². The number of hydrogen-bond acceptors (Lipinski definition) is 2. The first kappa shape index (κ1) is 14.5. The lowest BCUT2D eigenvalue weighted by Crippen LogP contribution is -2.31. The van der Waals surface area contributed by atoms with Crippen LogP contribution in [-0.2, 0) is 6.54 Å². The first-order valence-corrected chi connectivity index (χ1v) is 7.69. The maximum absolute atomic E-state index is 3.62. The molecule has 1 N–H and O–H groups in total. The zero-order chi connectivity index (χ0) is 13.5. The summed E-state index contributed by atoms with van der Waals surface area (Å²) in [6.07, 6.45) is 5.76. The van der Waals surface area contributed by atoms with E-state index in [2.05, 4.69) is 48.5 Å². The number of rotatable bonds is 7. The molecular formula is C17H28N2. The number of nitrogens with one attached hydrogen (secondary N) is 1. The van der Waals surface area contributed by atoms with Crippen LogP contribution in [0.3, 0.4) is 0 Å². The Morgan fingerprint density at radius 2 is 1.95 bits per heavy atom. The van der Waals surface area contributed by atoms with Crippen molar-refractivity contribution in [2.75, 3.05) is 26.7 Å². The zero-order valence-electron chi connectivity index (χ0n) is 12.5. The van der Waals surface area contributed by atoms with Crippen LogP contribution in [0.1, 0.15) is 36.8 Å². The van der Waals surface area contributed by atoms with E-state index in [1.54, 1.807) is 0 Å². The Morgan fingerprint density at radius 1 is 1.21 bits per heavy atom. The van der Waals surface area contributed by atoms with E-state index in [9.17, 15) is 0 Å². The molecule has 1 aliphatic carbocycles. The zero-order valence-corrected chi connectivity index (χ0v) is 12.5. The van der Waals surface area contributed by atoms with Crippen molar-refractivity contribution in [3.8, 4) is 0 Å². The van der Waals surface area contributed by atoms with Crippen LogP contribution in [0, 0.1) is 12.8 Å². The van der Waals surface area contributed by atoms with Crippen molar-refractivity contribution in [3.63, 3.8) is 0 Å². The van der Waals surface area contributed by atoms with Crippen molar-refractivity contribution in [2.24, 2.45) is 5.92 Å². The molecule has 0 unspecified atom stereocenters. The molecule has 1 fully saturated rings. The Kier molecular flexibility index (Phi) is 5.87. The average Bonchev–Trinajstić information content (AvgIpc) is 2.91. The fourth-order valence-corrected chi connectivity index (χ4v) is 2.95. The normalized spacial score (nSPS) is 16.4. The topological polar surface area (TPSA) is 15.3 Å². The monoisotopic (exact) mass is 260 g/mol. The molecule has 19 heavy (non-hydrogen) atoms. The fourth-order valence-electron chi connectivity index (χ4n) is 2.95. The van der Waals surface area contributed by atoms with Gasteiger partial charge in [-0.3, -0.25) is 0 Å². The van der Waals surface area contributed by atoms with Crippen molar-refractivity contribution in [2.45, 2.75) is 39.2 Å². The molecule has 0 atom stereocenters. The Morgan fingerprint density at radius 3 is 2.68 bits per heavy atom. The largest absolute Gasteiger partial charge is 0.315 e. The van der Waals surface area contributed by atoms with Gasteiger partial charge in [0.05, 0.1) is 0 Å². The molecule has 0 bridgehead atoms. The van der Waals surface area contributed by atoms with Crippen LogP contribution in [0.25, 0.3) is 0 Å². The van der Waals surface area contributed by atoms with E-state index in [1.165, 1.54) is 43.4 Å². The van der Waals surface area contributed by atoms with E-state index in [4.69, 9.17) is 0 Å². The summed E-state index contributed by atoms with van der Waals surface area (Å²) in [7, 11) is 2.21. The lowest BCUT2D eigenvalue weighted by atomic mass is 10.1. The highest BCUT2D eigenvalue weighted by Gasteiger charge is 2.13. The molecule has 1 aliphatic rings. The van der Waals surface area contributed by atoms with Gasteiger partial charge in [-0.1, -0.05) is 37.1 Å². The van der Waals surface area contributed by atoms with Crippen LogP contribution in [0.15, 0.2) is 24.3 Å². The van der Waals surface area contributed by atoms with Gasteiger partial charge in [-0.2, -0.15) is 0 Å².